The monoisotopic (exact) mass is 572 g/mol. The second-order valence-corrected chi connectivity index (χ2v) is 11.5. The number of aromatic nitrogens is 3. The quantitative estimate of drug-likeness (QED) is 0.114. The van der Waals surface area contributed by atoms with Crippen LogP contribution in [0, 0.1) is 13.8 Å². The number of hydrogen-bond donors (Lipinski definition) is 0. The van der Waals surface area contributed by atoms with Gasteiger partial charge in [0.05, 0.1) is 30.0 Å². The van der Waals surface area contributed by atoms with Crippen molar-refractivity contribution in [2.75, 3.05) is 7.11 Å². The van der Waals surface area contributed by atoms with Gasteiger partial charge in [-0.3, -0.25) is 0 Å². The van der Waals surface area contributed by atoms with Crippen molar-refractivity contribution in [3.63, 3.8) is 0 Å². The van der Waals surface area contributed by atoms with Crippen LogP contribution in [0.3, 0.4) is 0 Å². The molecule has 9 nitrogen and oxygen atoms in total. The number of fused-ring (bicyclic) bond motifs is 1. The zero-order valence-corrected chi connectivity index (χ0v) is 25.0. The van der Waals surface area contributed by atoms with Crippen LogP contribution < -0.4 is 4.74 Å². The van der Waals surface area contributed by atoms with E-state index >= 15 is 0 Å². The third-order valence-electron chi connectivity index (χ3n) is 6.09. The molecular formula is C31H32N4O5S. The van der Waals surface area contributed by atoms with E-state index < -0.39 is 5.60 Å². The lowest BCUT2D eigenvalue weighted by Gasteiger charge is -2.19. The van der Waals surface area contributed by atoms with Crippen molar-refractivity contribution in [1.82, 2.24) is 14.6 Å². The van der Waals surface area contributed by atoms with Crippen LogP contribution in [0.5, 0.6) is 5.75 Å². The molecule has 0 saturated heterocycles. The second kappa shape index (κ2) is 11.2. The van der Waals surface area contributed by atoms with Crippen molar-refractivity contribution in [2.45, 2.75) is 53.8 Å². The average Bonchev–Trinajstić information content (AvgIpc) is 3.65. The van der Waals surface area contributed by atoms with Crippen molar-refractivity contribution in [3.05, 3.63) is 76.7 Å². The summed E-state index contributed by atoms with van der Waals surface area (Å²) in [5.74, 6) is 2.21. The molecule has 0 N–H and O–H groups in total. The highest BCUT2D eigenvalue weighted by Gasteiger charge is 2.19. The Hall–Kier alpha value is -4.44. The molecule has 0 radical (unpaired) electrons. The molecule has 3 aromatic heterocycles. The van der Waals surface area contributed by atoms with E-state index in [2.05, 4.69) is 10.1 Å². The van der Waals surface area contributed by atoms with Gasteiger partial charge in [0.15, 0.2) is 5.76 Å². The Bertz CT molecular complexity index is 1740. The predicted octanol–water partition coefficient (Wildman–Crippen LogP) is 7.40. The number of hydrogen-bond acceptors (Lipinski definition) is 9. The Labute approximate surface area is 242 Å². The normalized spacial score (nSPS) is 12.1. The summed E-state index contributed by atoms with van der Waals surface area (Å²) in [5, 5.41) is 8.04. The maximum atomic E-state index is 12.3. The van der Waals surface area contributed by atoms with Crippen LogP contribution in [-0.4, -0.2) is 39.2 Å². The van der Waals surface area contributed by atoms with Gasteiger partial charge in [-0.15, -0.1) is 16.4 Å². The number of aryl methyl sites for hydroxylation is 2. The van der Waals surface area contributed by atoms with Crippen LogP contribution in [0.25, 0.3) is 33.0 Å². The molecule has 41 heavy (non-hydrogen) atoms. The molecule has 0 unspecified atom stereocenters. The van der Waals surface area contributed by atoms with Crippen molar-refractivity contribution in [3.8, 4) is 27.8 Å². The number of esters is 1. The van der Waals surface area contributed by atoms with Crippen molar-refractivity contribution < 1.29 is 23.4 Å². The van der Waals surface area contributed by atoms with Gasteiger partial charge in [-0.25, -0.2) is 19.4 Å². The highest BCUT2D eigenvalue weighted by Crippen LogP contribution is 2.35. The molecule has 0 aliphatic carbocycles. The van der Waals surface area contributed by atoms with Crippen molar-refractivity contribution in [2.24, 2.45) is 5.10 Å². The summed E-state index contributed by atoms with van der Waals surface area (Å²) in [5.41, 5.74) is 4.08. The lowest BCUT2D eigenvalue weighted by molar-refractivity contribution is 0.00695. The summed E-state index contributed by atoms with van der Waals surface area (Å²) < 4.78 is 24.7. The van der Waals surface area contributed by atoms with Gasteiger partial charge in [0, 0.05) is 17.9 Å². The fraction of sp³-hybridized carbons (Fsp3) is 0.290. The lowest BCUT2D eigenvalue weighted by Crippen LogP contribution is -2.23. The first-order chi connectivity index (χ1) is 19.5. The van der Waals surface area contributed by atoms with Crippen LogP contribution in [-0.2, 0) is 16.1 Å². The summed E-state index contributed by atoms with van der Waals surface area (Å²) in [4.78, 5) is 21.7. The SMILES string of the molecule is CO/C(C)=N/n1cc(-c2cc3c(OCc4csc(-c5ccc(C(=O)OC(C)(C)C)cc5)n4)cc(C)cc3o2)nc1C. The molecule has 0 saturated carbocycles. The van der Waals surface area contributed by atoms with Crippen LogP contribution >= 0.6 is 11.3 Å². The third-order valence-corrected chi connectivity index (χ3v) is 7.03. The zero-order chi connectivity index (χ0) is 29.3. The molecular weight excluding hydrogens is 540 g/mol. The number of benzene rings is 2. The molecule has 0 spiro atoms. The number of methoxy groups -OCH3 is 1. The average molecular weight is 573 g/mol. The number of nitrogens with zero attached hydrogens (tertiary/aromatic N) is 4. The van der Waals surface area contributed by atoms with E-state index in [0.29, 0.717) is 46.7 Å². The molecule has 0 amide bonds. The minimum atomic E-state index is -0.540. The number of carbonyl (C=O) groups excluding carboxylic acids is 1. The summed E-state index contributed by atoms with van der Waals surface area (Å²) in [6.45, 7) is 11.5. The molecule has 0 aliphatic heterocycles. The standard InChI is InChI=1S/C31H32N4O5S/c1-18-12-26(24-14-28(39-27(24)13-18)25-15-35(19(2)32-25)34-20(3)37-7)38-16-23-17-41-29(33-23)21-8-10-22(11-9-21)30(36)40-31(4,5)6/h8-15,17H,16H2,1-7H3/b34-20+. The lowest BCUT2D eigenvalue weighted by atomic mass is 10.1. The van der Waals surface area contributed by atoms with E-state index in [0.717, 1.165) is 27.2 Å². The first kappa shape index (κ1) is 28.1. The van der Waals surface area contributed by atoms with Crippen molar-refractivity contribution in [1.29, 1.82) is 0 Å². The van der Waals surface area contributed by atoms with Gasteiger partial charge in [0.1, 0.15) is 40.1 Å². The molecule has 0 bridgehead atoms. The number of ether oxygens (including phenoxy) is 3. The van der Waals surface area contributed by atoms with Crippen LogP contribution in [0.4, 0.5) is 0 Å². The molecule has 5 aromatic rings. The minimum Gasteiger partial charge on any atom is -0.486 e. The van der Waals surface area contributed by atoms with E-state index in [-0.39, 0.29) is 5.97 Å². The topological polar surface area (TPSA) is 101 Å². The number of furan rings is 1. The summed E-state index contributed by atoms with van der Waals surface area (Å²) in [6.07, 6.45) is 1.81. The van der Waals surface area contributed by atoms with Gasteiger partial charge in [-0.1, -0.05) is 12.1 Å². The van der Waals surface area contributed by atoms with Gasteiger partial charge in [-0.05, 0) is 70.5 Å². The molecule has 212 valence electrons. The molecule has 2 aromatic carbocycles. The van der Waals surface area contributed by atoms with Crippen LogP contribution in [0.2, 0.25) is 0 Å². The highest BCUT2D eigenvalue weighted by molar-refractivity contribution is 7.13. The zero-order valence-electron chi connectivity index (χ0n) is 24.1. The maximum Gasteiger partial charge on any atom is 0.338 e. The Morgan fingerprint density at radius 2 is 1.85 bits per heavy atom. The third kappa shape index (κ3) is 6.49. The second-order valence-electron chi connectivity index (χ2n) is 10.6. The number of rotatable bonds is 7. The predicted molar refractivity (Wildman–Crippen MR) is 159 cm³/mol. The Kier molecular flexibility index (Phi) is 7.68. The van der Waals surface area contributed by atoms with Gasteiger partial charge < -0.3 is 18.6 Å². The fourth-order valence-corrected chi connectivity index (χ4v) is 4.91. The van der Waals surface area contributed by atoms with Gasteiger partial charge >= 0.3 is 5.97 Å². The van der Waals surface area contributed by atoms with E-state index in [9.17, 15) is 4.79 Å². The van der Waals surface area contributed by atoms with E-state index in [1.54, 1.807) is 37.0 Å². The fourth-order valence-electron chi connectivity index (χ4n) is 4.10. The number of carbonyl (C=O) groups is 1. The molecule has 0 fully saturated rings. The first-order valence-corrected chi connectivity index (χ1v) is 14.0. The summed E-state index contributed by atoms with van der Waals surface area (Å²) in [6, 6.07) is 13.2. The largest absolute Gasteiger partial charge is 0.486 e. The molecule has 5 rings (SSSR count). The van der Waals surface area contributed by atoms with E-state index in [1.165, 1.54) is 11.3 Å². The van der Waals surface area contributed by atoms with Crippen LogP contribution in [0.15, 0.2) is 63.6 Å². The van der Waals surface area contributed by atoms with Crippen molar-refractivity contribution >= 4 is 34.2 Å². The number of imidazole rings is 1. The van der Waals surface area contributed by atoms with E-state index in [4.69, 9.17) is 23.6 Å². The Morgan fingerprint density at radius 1 is 1.10 bits per heavy atom. The van der Waals surface area contributed by atoms with Gasteiger partial charge in [-0.2, -0.15) is 0 Å². The molecule has 0 atom stereocenters. The molecule has 10 heteroatoms. The highest BCUT2D eigenvalue weighted by atomic mass is 32.1. The maximum absolute atomic E-state index is 12.3. The van der Waals surface area contributed by atoms with Gasteiger partial charge in [0.25, 0.3) is 0 Å². The minimum absolute atomic E-state index is 0.296. The smallest absolute Gasteiger partial charge is 0.338 e. The Morgan fingerprint density at radius 3 is 2.56 bits per heavy atom. The van der Waals surface area contributed by atoms with E-state index in [1.807, 2.05) is 70.3 Å². The van der Waals surface area contributed by atoms with Crippen LogP contribution in [0.1, 0.15) is 55.1 Å². The number of thiazole rings is 1. The van der Waals surface area contributed by atoms with Gasteiger partial charge in [0.2, 0.25) is 5.90 Å². The summed E-state index contributed by atoms with van der Waals surface area (Å²) in [7, 11) is 1.58. The summed E-state index contributed by atoms with van der Waals surface area (Å²) >= 11 is 1.52. The first-order valence-electron chi connectivity index (χ1n) is 13.1. The molecule has 0 aliphatic rings. The Balaban J connectivity index is 1.32. The molecule has 3 heterocycles.